The van der Waals surface area contributed by atoms with Gasteiger partial charge < -0.3 is 14.5 Å². The highest BCUT2D eigenvalue weighted by molar-refractivity contribution is 7.80. The van der Waals surface area contributed by atoms with Gasteiger partial charge >= 0.3 is 0 Å². The second kappa shape index (κ2) is 3.88. The van der Waals surface area contributed by atoms with E-state index in [-0.39, 0.29) is 0 Å². The molecule has 0 radical (unpaired) electrons. The Labute approximate surface area is 72.9 Å². The molecule has 0 aromatic carbocycles. The largest absolute Gasteiger partial charge is 0.378 e. The highest BCUT2D eigenvalue weighted by Gasteiger charge is 2.13. The summed E-state index contributed by atoms with van der Waals surface area (Å²) in [7, 11) is 3.94. The number of hydrogen-bond acceptors (Lipinski definition) is 2. The third-order valence-corrected chi connectivity index (χ3v) is 2.29. The highest BCUT2D eigenvalue weighted by atomic mass is 32.1. The molecule has 0 aromatic heterocycles. The van der Waals surface area contributed by atoms with Gasteiger partial charge in [0.1, 0.15) is 0 Å². The summed E-state index contributed by atoms with van der Waals surface area (Å²) < 4.78 is 5.21. The maximum atomic E-state index is 5.21. The van der Waals surface area contributed by atoms with Crippen LogP contribution < -0.4 is 0 Å². The molecule has 0 bridgehead atoms. The molecule has 0 spiro atoms. The summed E-state index contributed by atoms with van der Waals surface area (Å²) in [5.74, 6) is 0. The standard InChI is InChI=1S/C7H14N2OS/c1-8(2)7(11)9-3-5-10-6-4-9/h3-6H2,1-2H3. The van der Waals surface area contributed by atoms with Crippen molar-refractivity contribution >= 4 is 17.3 Å². The molecule has 0 atom stereocenters. The van der Waals surface area contributed by atoms with Crippen LogP contribution in [-0.2, 0) is 4.74 Å². The normalized spacial score (nSPS) is 18.2. The molecule has 0 unspecified atom stereocenters. The van der Waals surface area contributed by atoms with Crippen LogP contribution in [0.5, 0.6) is 0 Å². The lowest BCUT2D eigenvalue weighted by Gasteiger charge is -2.32. The number of ether oxygens (including phenoxy) is 1. The summed E-state index contributed by atoms with van der Waals surface area (Å²) in [6, 6.07) is 0. The summed E-state index contributed by atoms with van der Waals surface area (Å²) in [5.41, 5.74) is 0. The van der Waals surface area contributed by atoms with Gasteiger partial charge in [-0.15, -0.1) is 0 Å². The van der Waals surface area contributed by atoms with Crippen molar-refractivity contribution in [1.29, 1.82) is 0 Å². The van der Waals surface area contributed by atoms with Gasteiger partial charge in [-0.1, -0.05) is 0 Å². The Kier molecular flexibility index (Phi) is 3.08. The molecule has 0 N–H and O–H groups in total. The lowest BCUT2D eigenvalue weighted by molar-refractivity contribution is 0.0652. The zero-order valence-corrected chi connectivity index (χ0v) is 7.86. The molecule has 1 heterocycles. The summed E-state index contributed by atoms with van der Waals surface area (Å²) in [5, 5.41) is 0.910. The lowest BCUT2D eigenvalue weighted by atomic mass is 10.4. The molecule has 4 heteroatoms. The smallest absolute Gasteiger partial charge is 0.171 e. The van der Waals surface area contributed by atoms with E-state index in [0.717, 1.165) is 31.4 Å². The van der Waals surface area contributed by atoms with Gasteiger partial charge in [-0.3, -0.25) is 0 Å². The minimum Gasteiger partial charge on any atom is -0.378 e. The fourth-order valence-corrected chi connectivity index (χ4v) is 1.22. The van der Waals surface area contributed by atoms with Crippen molar-refractivity contribution in [2.75, 3.05) is 40.4 Å². The van der Waals surface area contributed by atoms with Gasteiger partial charge in [0.05, 0.1) is 13.2 Å². The van der Waals surface area contributed by atoms with Gasteiger partial charge in [0.15, 0.2) is 5.11 Å². The molecule has 0 amide bonds. The Morgan fingerprint density at radius 2 is 1.91 bits per heavy atom. The van der Waals surface area contributed by atoms with Crippen molar-refractivity contribution in [3.05, 3.63) is 0 Å². The molecular formula is C7H14N2OS. The van der Waals surface area contributed by atoms with E-state index in [4.69, 9.17) is 17.0 Å². The fourth-order valence-electron chi connectivity index (χ4n) is 1.04. The quantitative estimate of drug-likeness (QED) is 0.486. The Hall–Kier alpha value is -0.350. The molecule has 1 fully saturated rings. The lowest BCUT2D eigenvalue weighted by Crippen LogP contribution is -2.45. The van der Waals surface area contributed by atoms with E-state index in [1.807, 2.05) is 19.0 Å². The summed E-state index contributed by atoms with van der Waals surface area (Å²) in [6.45, 7) is 3.45. The second-order valence-electron chi connectivity index (χ2n) is 2.78. The first-order valence-corrected chi connectivity index (χ1v) is 4.16. The molecule has 0 aromatic rings. The average Bonchev–Trinajstić information content (AvgIpc) is 2.05. The van der Waals surface area contributed by atoms with E-state index < -0.39 is 0 Å². The van der Waals surface area contributed by atoms with Crippen LogP contribution in [0.3, 0.4) is 0 Å². The topological polar surface area (TPSA) is 15.7 Å². The predicted molar refractivity (Wildman–Crippen MR) is 48.7 cm³/mol. The van der Waals surface area contributed by atoms with Gasteiger partial charge in [0.25, 0.3) is 0 Å². The van der Waals surface area contributed by atoms with E-state index in [1.54, 1.807) is 0 Å². The van der Waals surface area contributed by atoms with E-state index in [1.165, 1.54) is 0 Å². The van der Waals surface area contributed by atoms with E-state index in [9.17, 15) is 0 Å². The van der Waals surface area contributed by atoms with Crippen molar-refractivity contribution in [1.82, 2.24) is 9.80 Å². The number of rotatable bonds is 0. The van der Waals surface area contributed by atoms with Crippen LogP contribution >= 0.6 is 12.2 Å². The molecule has 0 saturated carbocycles. The molecule has 3 nitrogen and oxygen atoms in total. The van der Waals surface area contributed by atoms with Gasteiger partial charge in [-0.05, 0) is 12.2 Å². The Balaban J connectivity index is 2.39. The van der Waals surface area contributed by atoms with E-state index in [0.29, 0.717) is 0 Å². The molecule has 64 valence electrons. The van der Waals surface area contributed by atoms with Crippen LogP contribution in [0.25, 0.3) is 0 Å². The van der Waals surface area contributed by atoms with Crippen molar-refractivity contribution in [2.45, 2.75) is 0 Å². The molecule has 1 rings (SSSR count). The Bertz CT molecular complexity index is 143. The van der Waals surface area contributed by atoms with Gasteiger partial charge in [-0.2, -0.15) is 0 Å². The van der Waals surface area contributed by atoms with Crippen molar-refractivity contribution in [2.24, 2.45) is 0 Å². The van der Waals surface area contributed by atoms with Crippen LogP contribution in [0.1, 0.15) is 0 Å². The molecular weight excluding hydrogens is 160 g/mol. The first-order chi connectivity index (χ1) is 5.22. The molecule has 1 aliphatic rings. The number of nitrogens with zero attached hydrogens (tertiary/aromatic N) is 2. The number of thiocarbonyl (C=S) groups is 1. The molecule has 1 aliphatic heterocycles. The molecule has 1 saturated heterocycles. The second-order valence-corrected chi connectivity index (χ2v) is 3.14. The third kappa shape index (κ3) is 2.31. The minimum atomic E-state index is 0.800. The maximum Gasteiger partial charge on any atom is 0.171 e. The third-order valence-electron chi connectivity index (χ3n) is 1.66. The van der Waals surface area contributed by atoms with Crippen LogP contribution in [0, 0.1) is 0 Å². The number of hydrogen-bond donors (Lipinski definition) is 0. The summed E-state index contributed by atoms with van der Waals surface area (Å²) in [6.07, 6.45) is 0. The van der Waals surface area contributed by atoms with Gasteiger partial charge in [0.2, 0.25) is 0 Å². The zero-order valence-electron chi connectivity index (χ0n) is 7.04. The maximum absolute atomic E-state index is 5.21. The monoisotopic (exact) mass is 174 g/mol. The van der Waals surface area contributed by atoms with Crippen LogP contribution in [-0.4, -0.2) is 55.3 Å². The van der Waals surface area contributed by atoms with Crippen LogP contribution in [0.4, 0.5) is 0 Å². The number of morpholine rings is 1. The Morgan fingerprint density at radius 1 is 1.36 bits per heavy atom. The van der Waals surface area contributed by atoms with Crippen molar-refractivity contribution < 1.29 is 4.74 Å². The summed E-state index contributed by atoms with van der Waals surface area (Å²) in [4.78, 5) is 4.12. The summed E-state index contributed by atoms with van der Waals surface area (Å²) >= 11 is 5.19. The fraction of sp³-hybridized carbons (Fsp3) is 0.857. The van der Waals surface area contributed by atoms with Crippen molar-refractivity contribution in [3.8, 4) is 0 Å². The average molecular weight is 174 g/mol. The highest BCUT2D eigenvalue weighted by Crippen LogP contribution is 2.00. The molecule has 0 aliphatic carbocycles. The SMILES string of the molecule is CN(C)C(=S)N1CCOCC1. The minimum absolute atomic E-state index is 0.800. The van der Waals surface area contributed by atoms with E-state index in [2.05, 4.69) is 4.90 Å². The van der Waals surface area contributed by atoms with Crippen molar-refractivity contribution in [3.63, 3.8) is 0 Å². The Morgan fingerprint density at radius 3 is 2.36 bits per heavy atom. The van der Waals surface area contributed by atoms with Gasteiger partial charge in [-0.25, -0.2) is 0 Å². The zero-order chi connectivity index (χ0) is 8.27. The van der Waals surface area contributed by atoms with Crippen LogP contribution in [0.15, 0.2) is 0 Å². The van der Waals surface area contributed by atoms with E-state index >= 15 is 0 Å². The molecule has 11 heavy (non-hydrogen) atoms. The van der Waals surface area contributed by atoms with Crippen LogP contribution in [0.2, 0.25) is 0 Å². The van der Waals surface area contributed by atoms with Gasteiger partial charge in [0, 0.05) is 27.2 Å². The first-order valence-electron chi connectivity index (χ1n) is 3.76. The first kappa shape index (κ1) is 8.74. The predicted octanol–water partition coefficient (Wildman–Crippen LogP) is 0.165.